The van der Waals surface area contributed by atoms with Crippen molar-refractivity contribution in [2.75, 3.05) is 23.8 Å². The van der Waals surface area contributed by atoms with Crippen LogP contribution < -0.4 is 10.2 Å². The molecule has 3 aromatic rings. The highest BCUT2D eigenvalue weighted by molar-refractivity contribution is 6.32. The van der Waals surface area contributed by atoms with Crippen LogP contribution in [-0.2, 0) is 0 Å². The number of hydrogen-bond acceptors (Lipinski definition) is 5. The Bertz CT molecular complexity index is 1100. The van der Waals surface area contributed by atoms with E-state index in [0.717, 1.165) is 34.2 Å². The molecule has 0 aromatic heterocycles. The SMILES string of the molecule is CN1N=C(Nc2ccccc2)N2c3ccc(Cl)cc3C(c3ccccc3)=NCC12.O. The molecule has 0 saturated heterocycles. The molecule has 0 spiro atoms. The van der Waals surface area contributed by atoms with Crippen LogP contribution in [0.3, 0.4) is 0 Å². The normalized spacial score (nSPS) is 17.2. The molecule has 2 heterocycles. The highest BCUT2D eigenvalue weighted by Crippen LogP contribution is 2.34. The molecule has 152 valence electrons. The third-order valence-corrected chi connectivity index (χ3v) is 5.41. The van der Waals surface area contributed by atoms with Gasteiger partial charge in [-0.1, -0.05) is 60.1 Å². The van der Waals surface area contributed by atoms with E-state index in [1.807, 2.05) is 72.7 Å². The van der Waals surface area contributed by atoms with Crippen molar-refractivity contribution in [3.05, 3.63) is 95.0 Å². The molecule has 0 aliphatic carbocycles. The first-order valence-electron chi connectivity index (χ1n) is 9.53. The average molecular weight is 420 g/mol. The summed E-state index contributed by atoms with van der Waals surface area (Å²) in [5, 5.41) is 10.9. The Morgan fingerprint density at radius 2 is 1.67 bits per heavy atom. The zero-order chi connectivity index (χ0) is 19.8. The number of aliphatic imine (C=N–C) groups is 1. The summed E-state index contributed by atoms with van der Waals surface area (Å²) in [6.45, 7) is 0.594. The van der Waals surface area contributed by atoms with Crippen LogP contribution in [0.25, 0.3) is 0 Å². The molecule has 0 bridgehead atoms. The Balaban J connectivity index is 0.00000218. The molecule has 1 atom stereocenters. The quantitative estimate of drug-likeness (QED) is 0.686. The van der Waals surface area contributed by atoms with Crippen LogP contribution in [0, 0.1) is 0 Å². The Labute approximate surface area is 180 Å². The topological polar surface area (TPSA) is 74.7 Å². The van der Waals surface area contributed by atoms with Crippen LogP contribution >= 0.6 is 11.6 Å². The Morgan fingerprint density at radius 1 is 0.967 bits per heavy atom. The van der Waals surface area contributed by atoms with Crippen molar-refractivity contribution in [3.8, 4) is 0 Å². The van der Waals surface area contributed by atoms with E-state index in [4.69, 9.17) is 21.7 Å². The van der Waals surface area contributed by atoms with Gasteiger partial charge in [-0.05, 0) is 30.3 Å². The summed E-state index contributed by atoms with van der Waals surface area (Å²) in [5.74, 6) is 0.775. The number of rotatable bonds is 2. The molecular formula is C23H22ClN5O. The maximum Gasteiger partial charge on any atom is 0.227 e. The third-order valence-electron chi connectivity index (χ3n) is 5.17. The lowest BCUT2D eigenvalue weighted by Gasteiger charge is -2.29. The molecule has 5 rings (SSSR count). The highest BCUT2D eigenvalue weighted by Gasteiger charge is 2.37. The van der Waals surface area contributed by atoms with E-state index < -0.39 is 0 Å². The number of guanidine groups is 1. The number of anilines is 2. The molecule has 3 aromatic carbocycles. The number of para-hydroxylation sites is 1. The van der Waals surface area contributed by atoms with Gasteiger partial charge in [-0.15, -0.1) is 5.10 Å². The molecule has 2 aliphatic rings. The van der Waals surface area contributed by atoms with Gasteiger partial charge in [-0.2, -0.15) is 0 Å². The van der Waals surface area contributed by atoms with Crippen LogP contribution in [0.15, 0.2) is 89.0 Å². The third kappa shape index (κ3) is 3.51. The summed E-state index contributed by atoms with van der Waals surface area (Å²) in [6, 6.07) is 26.3. The van der Waals surface area contributed by atoms with Crippen molar-refractivity contribution in [2.24, 2.45) is 10.1 Å². The van der Waals surface area contributed by atoms with E-state index in [9.17, 15) is 0 Å². The number of likely N-dealkylation sites (N-methyl/N-ethyl adjacent to an activating group) is 1. The van der Waals surface area contributed by atoms with Gasteiger partial charge in [0, 0.05) is 28.9 Å². The van der Waals surface area contributed by atoms with Gasteiger partial charge >= 0.3 is 0 Å². The standard InChI is InChI=1S/C23H20ClN5.H2O/c1-28-21-15-25-22(16-8-4-2-5-9-16)19-14-17(24)12-13-20(19)29(21)23(27-28)26-18-10-6-3-7-11-18;/h2-14,21H,15H2,1H3,(H,26,27);1H2. The zero-order valence-corrected chi connectivity index (χ0v) is 17.2. The van der Waals surface area contributed by atoms with Gasteiger partial charge in [0.1, 0.15) is 6.17 Å². The predicted molar refractivity (Wildman–Crippen MR) is 124 cm³/mol. The first kappa shape index (κ1) is 19.9. The summed E-state index contributed by atoms with van der Waals surface area (Å²) in [4.78, 5) is 7.19. The Morgan fingerprint density at radius 3 is 2.40 bits per heavy atom. The smallest absolute Gasteiger partial charge is 0.227 e. The molecule has 6 nitrogen and oxygen atoms in total. The lowest BCUT2D eigenvalue weighted by molar-refractivity contribution is 0.292. The maximum absolute atomic E-state index is 6.39. The van der Waals surface area contributed by atoms with Crippen molar-refractivity contribution >= 4 is 34.6 Å². The highest BCUT2D eigenvalue weighted by atomic mass is 35.5. The van der Waals surface area contributed by atoms with E-state index in [-0.39, 0.29) is 11.6 Å². The number of hydrazone groups is 1. The number of hydrogen-bond donors (Lipinski definition) is 1. The Kier molecular flexibility index (Phi) is 5.44. The lowest BCUT2D eigenvalue weighted by atomic mass is 10.0. The van der Waals surface area contributed by atoms with Crippen molar-refractivity contribution in [1.82, 2.24) is 5.01 Å². The fourth-order valence-electron chi connectivity index (χ4n) is 3.79. The van der Waals surface area contributed by atoms with Crippen LogP contribution in [0.4, 0.5) is 11.4 Å². The van der Waals surface area contributed by atoms with E-state index in [0.29, 0.717) is 11.6 Å². The summed E-state index contributed by atoms with van der Waals surface area (Å²) in [5.41, 5.74) is 5.05. The molecule has 30 heavy (non-hydrogen) atoms. The van der Waals surface area contributed by atoms with E-state index >= 15 is 0 Å². The largest absolute Gasteiger partial charge is 0.412 e. The van der Waals surface area contributed by atoms with E-state index in [2.05, 4.69) is 28.4 Å². The minimum absolute atomic E-state index is 0. The van der Waals surface area contributed by atoms with Gasteiger partial charge in [0.05, 0.1) is 17.9 Å². The molecule has 0 amide bonds. The van der Waals surface area contributed by atoms with Gasteiger partial charge in [0.25, 0.3) is 0 Å². The predicted octanol–water partition coefficient (Wildman–Crippen LogP) is 3.83. The molecule has 0 fully saturated rings. The second-order valence-corrected chi connectivity index (χ2v) is 7.49. The van der Waals surface area contributed by atoms with Crippen molar-refractivity contribution in [2.45, 2.75) is 6.17 Å². The maximum atomic E-state index is 6.39. The number of benzene rings is 3. The first-order valence-corrected chi connectivity index (χ1v) is 9.91. The van der Waals surface area contributed by atoms with Crippen LogP contribution in [0.1, 0.15) is 11.1 Å². The lowest BCUT2D eigenvalue weighted by Crippen LogP contribution is -2.45. The zero-order valence-electron chi connectivity index (χ0n) is 16.5. The molecule has 7 heteroatoms. The second-order valence-electron chi connectivity index (χ2n) is 7.06. The van der Waals surface area contributed by atoms with Crippen molar-refractivity contribution in [1.29, 1.82) is 0 Å². The van der Waals surface area contributed by atoms with E-state index in [1.54, 1.807) is 0 Å². The van der Waals surface area contributed by atoms with Gasteiger partial charge in [-0.3, -0.25) is 14.9 Å². The number of nitrogens with one attached hydrogen (secondary N) is 1. The number of nitrogens with zero attached hydrogens (tertiary/aromatic N) is 4. The average Bonchev–Trinajstić information content (AvgIpc) is 2.94. The number of fused-ring (bicyclic) bond motifs is 3. The van der Waals surface area contributed by atoms with Crippen LogP contribution in [0.5, 0.6) is 0 Å². The first-order chi connectivity index (χ1) is 14.2. The van der Waals surface area contributed by atoms with Crippen molar-refractivity contribution in [3.63, 3.8) is 0 Å². The minimum Gasteiger partial charge on any atom is -0.412 e. The van der Waals surface area contributed by atoms with Gasteiger partial charge in [-0.25, -0.2) is 0 Å². The van der Waals surface area contributed by atoms with Crippen LogP contribution in [-0.4, -0.2) is 41.9 Å². The fourth-order valence-corrected chi connectivity index (χ4v) is 3.96. The summed E-state index contributed by atoms with van der Waals surface area (Å²) < 4.78 is 0. The summed E-state index contributed by atoms with van der Waals surface area (Å²) in [7, 11) is 1.98. The molecule has 1 unspecified atom stereocenters. The molecule has 3 N–H and O–H groups in total. The molecule has 0 saturated carbocycles. The monoisotopic (exact) mass is 419 g/mol. The second kappa shape index (κ2) is 8.18. The summed E-state index contributed by atoms with van der Waals surface area (Å²) in [6.07, 6.45) is -0.0117. The van der Waals surface area contributed by atoms with Crippen LogP contribution in [0.2, 0.25) is 5.02 Å². The molecule has 0 radical (unpaired) electrons. The van der Waals surface area contributed by atoms with Gasteiger partial charge in [0.2, 0.25) is 5.96 Å². The van der Waals surface area contributed by atoms with Gasteiger partial charge < -0.3 is 10.8 Å². The molecule has 2 aliphatic heterocycles. The summed E-state index contributed by atoms with van der Waals surface area (Å²) >= 11 is 6.39. The number of halogens is 1. The minimum atomic E-state index is -0.0117. The van der Waals surface area contributed by atoms with E-state index in [1.165, 1.54) is 0 Å². The Hall–Kier alpha value is -3.35. The van der Waals surface area contributed by atoms with Gasteiger partial charge in [0.15, 0.2) is 0 Å². The van der Waals surface area contributed by atoms with Crippen molar-refractivity contribution < 1.29 is 5.48 Å². The fraction of sp³-hybridized carbons (Fsp3) is 0.130. The molecular weight excluding hydrogens is 398 g/mol.